The van der Waals surface area contributed by atoms with Crippen LogP contribution in [-0.2, 0) is 0 Å². The van der Waals surface area contributed by atoms with Crippen LogP contribution in [0.5, 0.6) is 0 Å². The summed E-state index contributed by atoms with van der Waals surface area (Å²) in [6.45, 7) is 2.90. The smallest absolute Gasteiger partial charge is 0.322 e. The lowest BCUT2D eigenvalue weighted by molar-refractivity contribution is 0.170. The molecule has 0 bridgehead atoms. The second-order valence-corrected chi connectivity index (χ2v) is 4.66. The standard InChI is InChI=1S/C14H17N3O/c1-11-4-2-3-9-17(11)14(18)16-13-7-5-12(10-15)6-8-13/h5-8,11H,2-4,9H2,1H3,(H,16,18). The quantitative estimate of drug-likeness (QED) is 0.824. The Hall–Kier alpha value is -2.02. The third-order valence-corrected chi connectivity index (χ3v) is 3.33. The molecule has 4 heteroatoms. The van der Waals surface area contributed by atoms with Gasteiger partial charge in [-0.15, -0.1) is 0 Å². The number of likely N-dealkylation sites (tertiary alicyclic amines) is 1. The third-order valence-electron chi connectivity index (χ3n) is 3.33. The molecule has 1 aliphatic rings. The molecule has 1 heterocycles. The van der Waals surface area contributed by atoms with Crippen LogP contribution in [0.15, 0.2) is 24.3 Å². The summed E-state index contributed by atoms with van der Waals surface area (Å²) in [5.74, 6) is 0. The monoisotopic (exact) mass is 243 g/mol. The normalized spacial score (nSPS) is 19.1. The third kappa shape index (κ3) is 2.80. The summed E-state index contributed by atoms with van der Waals surface area (Å²) in [6.07, 6.45) is 3.34. The van der Waals surface area contributed by atoms with E-state index in [2.05, 4.69) is 18.3 Å². The Morgan fingerprint density at radius 1 is 1.39 bits per heavy atom. The molecule has 1 N–H and O–H groups in total. The van der Waals surface area contributed by atoms with Crippen molar-refractivity contribution in [3.05, 3.63) is 29.8 Å². The predicted molar refractivity (Wildman–Crippen MR) is 70.2 cm³/mol. The summed E-state index contributed by atoms with van der Waals surface area (Å²) in [5, 5.41) is 11.6. The van der Waals surface area contributed by atoms with E-state index >= 15 is 0 Å². The van der Waals surface area contributed by atoms with Crippen LogP contribution in [0.4, 0.5) is 10.5 Å². The molecule has 1 atom stereocenters. The van der Waals surface area contributed by atoms with Crippen molar-refractivity contribution in [1.82, 2.24) is 4.90 Å². The van der Waals surface area contributed by atoms with E-state index in [1.165, 1.54) is 6.42 Å². The van der Waals surface area contributed by atoms with Crippen molar-refractivity contribution in [2.45, 2.75) is 32.2 Å². The van der Waals surface area contributed by atoms with Gasteiger partial charge in [0.15, 0.2) is 0 Å². The Morgan fingerprint density at radius 3 is 2.72 bits per heavy atom. The lowest BCUT2D eigenvalue weighted by Crippen LogP contribution is -2.44. The first kappa shape index (κ1) is 12.4. The van der Waals surface area contributed by atoms with Crippen LogP contribution in [0.2, 0.25) is 0 Å². The average molecular weight is 243 g/mol. The summed E-state index contributed by atoms with van der Waals surface area (Å²) in [4.78, 5) is 14.0. The maximum absolute atomic E-state index is 12.1. The molecular weight excluding hydrogens is 226 g/mol. The van der Waals surface area contributed by atoms with E-state index in [4.69, 9.17) is 5.26 Å². The van der Waals surface area contributed by atoms with Crippen molar-refractivity contribution >= 4 is 11.7 Å². The number of nitrogens with one attached hydrogen (secondary N) is 1. The highest BCUT2D eigenvalue weighted by Crippen LogP contribution is 2.18. The fourth-order valence-corrected chi connectivity index (χ4v) is 2.22. The minimum Gasteiger partial charge on any atom is -0.322 e. The van der Waals surface area contributed by atoms with Gasteiger partial charge >= 0.3 is 6.03 Å². The summed E-state index contributed by atoms with van der Waals surface area (Å²) in [7, 11) is 0. The van der Waals surface area contributed by atoms with E-state index in [1.807, 2.05) is 4.90 Å². The van der Waals surface area contributed by atoms with Crippen LogP contribution >= 0.6 is 0 Å². The van der Waals surface area contributed by atoms with Crippen molar-refractivity contribution in [3.8, 4) is 6.07 Å². The van der Waals surface area contributed by atoms with Gasteiger partial charge in [-0.1, -0.05) is 0 Å². The Labute approximate surface area is 107 Å². The summed E-state index contributed by atoms with van der Waals surface area (Å²) in [6, 6.07) is 9.23. The van der Waals surface area contributed by atoms with Gasteiger partial charge < -0.3 is 10.2 Å². The van der Waals surface area contributed by atoms with Crippen LogP contribution in [-0.4, -0.2) is 23.5 Å². The number of anilines is 1. The van der Waals surface area contributed by atoms with Crippen molar-refractivity contribution in [1.29, 1.82) is 5.26 Å². The van der Waals surface area contributed by atoms with E-state index in [-0.39, 0.29) is 6.03 Å². The lowest BCUT2D eigenvalue weighted by atomic mass is 10.0. The largest absolute Gasteiger partial charge is 0.322 e. The first-order chi connectivity index (χ1) is 8.70. The second kappa shape index (κ2) is 5.54. The Balaban J connectivity index is 1.99. The molecule has 2 rings (SSSR count). The molecule has 1 fully saturated rings. The average Bonchev–Trinajstić information content (AvgIpc) is 2.40. The molecule has 1 aliphatic heterocycles. The number of urea groups is 1. The number of piperidine rings is 1. The highest BCUT2D eigenvalue weighted by molar-refractivity contribution is 5.89. The predicted octanol–water partition coefficient (Wildman–Crippen LogP) is 2.96. The Bertz CT molecular complexity index is 461. The molecule has 0 aliphatic carbocycles. The van der Waals surface area contributed by atoms with Gasteiger partial charge in [0.25, 0.3) is 0 Å². The van der Waals surface area contributed by atoms with Crippen LogP contribution in [0.25, 0.3) is 0 Å². The van der Waals surface area contributed by atoms with E-state index in [0.717, 1.165) is 25.1 Å². The number of nitrogens with zero attached hydrogens (tertiary/aromatic N) is 2. The SMILES string of the molecule is CC1CCCCN1C(=O)Nc1ccc(C#N)cc1. The molecule has 0 radical (unpaired) electrons. The number of carbonyl (C=O) groups excluding carboxylic acids is 1. The minimum absolute atomic E-state index is 0.0492. The molecule has 1 aromatic rings. The Kier molecular flexibility index (Phi) is 3.83. The van der Waals surface area contributed by atoms with E-state index in [0.29, 0.717) is 11.6 Å². The maximum Gasteiger partial charge on any atom is 0.322 e. The number of hydrogen-bond acceptors (Lipinski definition) is 2. The molecule has 94 valence electrons. The van der Waals surface area contributed by atoms with Crippen molar-refractivity contribution in [2.75, 3.05) is 11.9 Å². The molecule has 1 saturated heterocycles. The molecule has 18 heavy (non-hydrogen) atoms. The van der Waals surface area contributed by atoms with Crippen LogP contribution < -0.4 is 5.32 Å². The zero-order chi connectivity index (χ0) is 13.0. The highest BCUT2D eigenvalue weighted by atomic mass is 16.2. The highest BCUT2D eigenvalue weighted by Gasteiger charge is 2.22. The molecule has 0 aromatic heterocycles. The molecule has 2 amide bonds. The molecular formula is C14H17N3O. The van der Waals surface area contributed by atoms with Crippen LogP contribution in [0, 0.1) is 11.3 Å². The van der Waals surface area contributed by atoms with Gasteiger partial charge in [-0.25, -0.2) is 4.79 Å². The van der Waals surface area contributed by atoms with Crippen LogP contribution in [0.1, 0.15) is 31.7 Å². The van der Waals surface area contributed by atoms with Gasteiger partial charge in [0, 0.05) is 18.3 Å². The minimum atomic E-state index is -0.0492. The Morgan fingerprint density at radius 2 is 2.11 bits per heavy atom. The molecule has 0 saturated carbocycles. The summed E-state index contributed by atoms with van der Waals surface area (Å²) >= 11 is 0. The topological polar surface area (TPSA) is 56.1 Å². The number of benzene rings is 1. The fraction of sp³-hybridized carbons (Fsp3) is 0.429. The van der Waals surface area contributed by atoms with Gasteiger partial charge in [0.2, 0.25) is 0 Å². The summed E-state index contributed by atoms with van der Waals surface area (Å²) in [5.41, 5.74) is 1.33. The van der Waals surface area contributed by atoms with Gasteiger partial charge in [-0.05, 0) is 50.5 Å². The van der Waals surface area contributed by atoms with Gasteiger partial charge in [-0.3, -0.25) is 0 Å². The van der Waals surface area contributed by atoms with E-state index < -0.39 is 0 Å². The zero-order valence-corrected chi connectivity index (χ0v) is 10.5. The van der Waals surface area contributed by atoms with Gasteiger partial charge in [0.1, 0.15) is 0 Å². The number of rotatable bonds is 1. The zero-order valence-electron chi connectivity index (χ0n) is 10.5. The van der Waals surface area contributed by atoms with Crippen molar-refractivity contribution in [2.24, 2.45) is 0 Å². The van der Waals surface area contributed by atoms with Crippen molar-refractivity contribution in [3.63, 3.8) is 0 Å². The van der Waals surface area contributed by atoms with E-state index in [1.54, 1.807) is 24.3 Å². The fourth-order valence-electron chi connectivity index (χ4n) is 2.22. The molecule has 4 nitrogen and oxygen atoms in total. The van der Waals surface area contributed by atoms with Crippen LogP contribution in [0.3, 0.4) is 0 Å². The second-order valence-electron chi connectivity index (χ2n) is 4.66. The number of hydrogen-bond donors (Lipinski definition) is 1. The van der Waals surface area contributed by atoms with Gasteiger partial charge in [0.05, 0.1) is 11.6 Å². The molecule has 0 spiro atoms. The van der Waals surface area contributed by atoms with E-state index in [9.17, 15) is 4.79 Å². The molecule has 1 unspecified atom stereocenters. The first-order valence-corrected chi connectivity index (χ1v) is 6.28. The first-order valence-electron chi connectivity index (χ1n) is 6.28. The lowest BCUT2D eigenvalue weighted by Gasteiger charge is -2.33. The van der Waals surface area contributed by atoms with Crippen molar-refractivity contribution < 1.29 is 4.79 Å². The summed E-state index contributed by atoms with van der Waals surface area (Å²) < 4.78 is 0. The maximum atomic E-state index is 12.1. The number of nitriles is 1. The number of carbonyl (C=O) groups is 1. The van der Waals surface area contributed by atoms with Gasteiger partial charge in [-0.2, -0.15) is 5.26 Å². The molecule has 1 aromatic carbocycles. The number of amides is 2.